The fourth-order valence-electron chi connectivity index (χ4n) is 1.57. The van der Waals surface area contributed by atoms with Crippen LogP contribution in [0.5, 0.6) is 0 Å². The first-order valence-electron chi connectivity index (χ1n) is 5.56. The van der Waals surface area contributed by atoms with Crippen LogP contribution in [-0.2, 0) is 0 Å². The summed E-state index contributed by atoms with van der Waals surface area (Å²) in [7, 11) is 0. The summed E-state index contributed by atoms with van der Waals surface area (Å²) in [6.45, 7) is 1.98. The Hall–Kier alpha value is -1.56. The van der Waals surface area contributed by atoms with Crippen molar-refractivity contribution in [2.45, 2.75) is 13.3 Å². The van der Waals surface area contributed by atoms with Gasteiger partial charge in [-0.05, 0) is 18.6 Å². The Balaban J connectivity index is 3.01. The van der Waals surface area contributed by atoms with Gasteiger partial charge < -0.3 is 10.0 Å². The molecule has 0 aliphatic rings. The Bertz CT molecular complexity index is 408. The van der Waals surface area contributed by atoms with Gasteiger partial charge in [0.1, 0.15) is 0 Å². The van der Waals surface area contributed by atoms with Crippen LogP contribution in [-0.4, -0.2) is 35.6 Å². The quantitative estimate of drug-likeness (QED) is 0.823. The van der Waals surface area contributed by atoms with Crippen LogP contribution in [0.1, 0.15) is 23.7 Å². The minimum absolute atomic E-state index is 0.0628. The number of carbonyl (C=O) groups excluding carboxylic acids is 1. The van der Waals surface area contributed by atoms with Crippen molar-refractivity contribution in [1.82, 2.24) is 4.90 Å². The molecule has 1 amide bonds. The Morgan fingerprint density at radius 2 is 1.78 bits per heavy atom. The molecule has 1 aromatic carbocycles. The Kier molecular flexibility index (Phi) is 5.15. The highest BCUT2D eigenvalue weighted by Gasteiger charge is 2.19. The molecule has 1 rings (SSSR count). The second-order valence-electron chi connectivity index (χ2n) is 3.77. The number of aliphatic hydroxyl groups is 1. The van der Waals surface area contributed by atoms with E-state index in [1.54, 1.807) is 0 Å². The van der Waals surface area contributed by atoms with Gasteiger partial charge in [0, 0.05) is 18.7 Å². The monoisotopic (exact) mass is 261 g/mol. The van der Waals surface area contributed by atoms with Crippen molar-refractivity contribution in [3.63, 3.8) is 0 Å². The van der Waals surface area contributed by atoms with Gasteiger partial charge in [-0.25, -0.2) is 13.2 Å². The molecule has 0 aliphatic carbocycles. The lowest BCUT2D eigenvalue weighted by atomic mass is 10.1. The van der Waals surface area contributed by atoms with Gasteiger partial charge in [-0.3, -0.25) is 4.79 Å². The summed E-state index contributed by atoms with van der Waals surface area (Å²) >= 11 is 0. The topological polar surface area (TPSA) is 40.5 Å². The third-order valence-corrected chi connectivity index (χ3v) is 2.38. The number of amides is 1. The Morgan fingerprint density at radius 3 is 2.22 bits per heavy atom. The van der Waals surface area contributed by atoms with Gasteiger partial charge >= 0.3 is 0 Å². The Morgan fingerprint density at radius 1 is 1.22 bits per heavy atom. The molecule has 0 heterocycles. The first kappa shape index (κ1) is 14.5. The predicted molar refractivity (Wildman–Crippen MR) is 59.6 cm³/mol. The average Bonchev–Trinajstić information content (AvgIpc) is 2.34. The van der Waals surface area contributed by atoms with E-state index >= 15 is 0 Å². The molecular formula is C12H14F3NO2. The van der Waals surface area contributed by atoms with E-state index in [0.29, 0.717) is 25.1 Å². The van der Waals surface area contributed by atoms with E-state index in [1.165, 1.54) is 4.90 Å². The Labute approximate surface area is 103 Å². The summed E-state index contributed by atoms with van der Waals surface area (Å²) in [4.78, 5) is 13.2. The van der Waals surface area contributed by atoms with Crippen molar-refractivity contribution >= 4 is 5.91 Å². The molecule has 0 spiro atoms. The third-order valence-electron chi connectivity index (χ3n) is 2.38. The van der Waals surface area contributed by atoms with Crippen molar-refractivity contribution < 1.29 is 23.1 Å². The van der Waals surface area contributed by atoms with Crippen molar-refractivity contribution in [1.29, 1.82) is 0 Å². The van der Waals surface area contributed by atoms with Gasteiger partial charge in [0.15, 0.2) is 17.5 Å². The summed E-state index contributed by atoms with van der Waals surface area (Å²) in [6, 6.07) is 1.31. The molecule has 0 saturated carbocycles. The maximum Gasteiger partial charge on any atom is 0.254 e. The lowest BCUT2D eigenvalue weighted by Crippen LogP contribution is -2.34. The van der Waals surface area contributed by atoms with Crippen molar-refractivity contribution in [2.75, 3.05) is 19.7 Å². The predicted octanol–water partition coefficient (Wildman–Crippen LogP) is 1.95. The SMILES string of the molecule is CCCN(CCO)C(=O)c1cc(F)c(F)c(F)c1. The van der Waals surface area contributed by atoms with Crippen LogP contribution >= 0.6 is 0 Å². The molecule has 18 heavy (non-hydrogen) atoms. The second-order valence-corrected chi connectivity index (χ2v) is 3.77. The molecule has 1 aromatic rings. The molecular weight excluding hydrogens is 247 g/mol. The van der Waals surface area contributed by atoms with E-state index in [4.69, 9.17) is 5.11 Å². The molecule has 0 radical (unpaired) electrons. The molecule has 100 valence electrons. The molecule has 0 unspecified atom stereocenters. The molecule has 0 atom stereocenters. The average molecular weight is 261 g/mol. The zero-order valence-corrected chi connectivity index (χ0v) is 9.92. The number of nitrogens with zero attached hydrogens (tertiary/aromatic N) is 1. The molecule has 1 N–H and O–H groups in total. The van der Waals surface area contributed by atoms with Gasteiger partial charge in [0.2, 0.25) is 0 Å². The fourth-order valence-corrected chi connectivity index (χ4v) is 1.57. The van der Waals surface area contributed by atoms with Gasteiger partial charge in [-0.15, -0.1) is 0 Å². The zero-order chi connectivity index (χ0) is 13.7. The van der Waals surface area contributed by atoms with Crippen LogP contribution in [0, 0.1) is 17.5 Å². The number of benzene rings is 1. The van der Waals surface area contributed by atoms with Crippen molar-refractivity contribution in [3.05, 3.63) is 35.1 Å². The van der Waals surface area contributed by atoms with Gasteiger partial charge in [0.05, 0.1) is 6.61 Å². The number of hydrogen-bond donors (Lipinski definition) is 1. The minimum Gasteiger partial charge on any atom is -0.395 e. The van der Waals surface area contributed by atoms with E-state index in [2.05, 4.69) is 0 Å². The lowest BCUT2D eigenvalue weighted by molar-refractivity contribution is 0.0720. The summed E-state index contributed by atoms with van der Waals surface area (Å²) in [5.41, 5.74) is -0.270. The number of hydrogen-bond acceptors (Lipinski definition) is 2. The summed E-state index contributed by atoms with van der Waals surface area (Å²) < 4.78 is 38.8. The summed E-state index contributed by atoms with van der Waals surface area (Å²) in [6.07, 6.45) is 0.637. The number of halogens is 3. The molecule has 0 saturated heterocycles. The van der Waals surface area contributed by atoms with Crippen molar-refractivity contribution in [2.24, 2.45) is 0 Å². The third kappa shape index (κ3) is 3.22. The number of rotatable bonds is 5. The highest BCUT2D eigenvalue weighted by atomic mass is 19.2. The van der Waals surface area contributed by atoms with Crippen LogP contribution in [0.3, 0.4) is 0 Å². The molecule has 6 heteroatoms. The normalized spacial score (nSPS) is 10.5. The van der Waals surface area contributed by atoms with E-state index in [1.807, 2.05) is 6.92 Å². The largest absolute Gasteiger partial charge is 0.395 e. The molecule has 0 fully saturated rings. The van der Waals surface area contributed by atoms with E-state index in [9.17, 15) is 18.0 Å². The number of carbonyl (C=O) groups is 1. The maximum absolute atomic E-state index is 13.0. The van der Waals surface area contributed by atoms with Crippen LogP contribution in [0.15, 0.2) is 12.1 Å². The van der Waals surface area contributed by atoms with Crippen LogP contribution < -0.4 is 0 Å². The minimum atomic E-state index is -1.60. The van der Waals surface area contributed by atoms with Gasteiger partial charge in [-0.2, -0.15) is 0 Å². The van der Waals surface area contributed by atoms with Crippen molar-refractivity contribution in [3.8, 4) is 0 Å². The van der Waals surface area contributed by atoms with Gasteiger partial charge in [0.25, 0.3) is 5.91 Å². The fraction of sp³-hybridized carbons (Fsp3) is 0.417. The first-order chi connectivity index (χ1) is 8.51. The smallest absolute Gasteiger partial charge is 0.254 e. The zero-order valence-electron chi connectivity index (χ0n) is 9.92. The van der Waals surface area contributed by atoms with E-state index < -0.39 is 23.4 Å². The van der Waals surface area contributed by atoms with E-state index in [0.717, 1.165) is 0 Å². The van der Waals surface area contributed by atoms with E-state index in [-0.39, 0.29) is 18.7 Å². The molecule has 3 nitrogen and oxygen atoms in total. The van der Waals surface area contributed by atoms with Crippen LogP contribution in [0.4, 0.5) is 13.2 Å². The second kappa shape index (κ2) is 6.39. The van der Waals surface area contributed by atoms with Crippen LogP contribution in [0.25, 0.3) is 0 Å². The number of aliphatic hydroxyl groups excluding tert-OH is 1. The standard InChI is InChI=1S/C12H14F3NO2/c1-2-3-16(4-5-17)12(18)8-6-9(13)11(15)10(14)7-8/h6-7,17H,2-5H2,1H3. The van der Waals surface area contributed by atoms with Gasteiger partial charge in [-0.1, -0.05) is 6.92 Å². The molecule has 0 aliphatic heterocycles. The lowest BCUT2D eigenvalue weighted by Gasteiger charge is -2.21. The van der Waals surface area contributed by atoms with Crippen LogP contribution in [0.2, 0.25) is 0 Å². The molecule has 0 aromatic heterocycles. The highest BCUT2D eigenvalue weighted by molar-refractivity contribution is 5.94. The first-order valence-corrected chi connectivity index (χ1v) is 5.56. The summed E-state index contributed by atoms with van der Waals surface area (Å²) in [5, 5.41) is 8.81. The molecule has 0 bridgehead atoms. The maximum atomic E-state index is 13.0. The highest BCUT2D eigenvalue weighted by Crippen LogP contribution is 2.15. The summed E-state index contributed by atoms with van der Waals surface area (Å²) in [5.74, 6) is -5.04.